The minimum atomic E-state index is -3.33. The summed E-state index contributed by atoms with van der Waals surface area (Å²) in [4.78, 5) is 14.5. The maximum atomic E-state index is 11.5. The molecule has 8 heteroatoms. The Morgan fingerprint density at radius 3 is 2.61 bits per heavy atom. The third-order valence-corrected chi connectivity index (χ3v) is 3.97. The fourth-order valence-electron chi connectivity index (χ4n) is 1.26. The average Bonchev–Trinajstić information content (AvgIpc) is 2.36. The van der Waals surface area contributed by atoms with Crippen molar-refractivity contribution in [2.75, 3.05) is 12.4 Å². The summed E-state index contributed by atoms with van der Waals surface area (Å²) in [6, 6.07) is 2.71. The van der Waals surface area contributed by atoms with Crippen molar-refractivity contribution in [3.8, 4) is 0 Å². The Labute approximate surface area is 105 Å². The Bertz CT molecular complexity index is 512. The average molecular weight is 274 g/mol. The highest BCUT2D eigenvalue weighted by atomic mass is 32.2. The van der Waals surface area contributed by atoms with Gasteiger partial charge in [-0.05, 0) is 12.1 Å². The first-order chi connectivity index (χ1) is 8.40. The van der Waals surface area contributed by atoms with Crippen LogP contribution in [0.3, 0.4) is 0 Å². The second-order valence-electron chi connectivity index (χ2n) is 3.43. The van der Waals surface area contributed by atoms with Crippen molar-refractivity contribution in [1.29, 1.82) is 0 Å². The Kier molecular flexibility index (Phi) is 4.62. The molecular weight excluding hydrogens is 260 g/mol. The van der Waals surface area contributed by atoms with Crippen molar-refractivity contribution in [3.63, 3.8) is 0 Å². The minimum absolute atomic E-state index is 0.0325. The first kappa shape index (κ1) is 14.4. The highest BCUT2D eigenvalue weighted by molar-refractivity contribution is 7.91. The van der Waals surface area contributed by atoms with Gasteiger partial charge in [0.1, 0.15) is 0 Å². The van der Waals surface area contributed by atoms with Crippen LogP contribution >= 0.6 is 0 Å². The molecule has 0 saturated carbocycles. The summed E-state index contributed by atoms with van der Waals surface area (Å²) in [6.07, 6.45) is -0.886. The molecule has 0 aromatic carbocycles. The van der Waals surface area contributed by atoms with Gasteiger partial charge >= 0.3 is 6.09 Å². The maximum Gasteiger partial charge on any atom is 0.405 e. The fraction of sp³-hybridized carbons (Fsp3) is 0.400. The number of pyridine rings is 1. The molecule has 100 valence electrons. The number of amides is 1. The van der Waals surface area contributed by atoms with Crippen LogP contribution in [0.4, 0.5) is 4.79 Å². The third kappa shape index (κ3) is 3.41. The third-order valence-electron chi connectivity index (χ3n) is 2.25. The lowest BCUT2D eigenvalue weighted by molar-refractivity contribution is 0.0607. The van der Waals surface area contributed by atoms with Crippen LogP contribution < -0.4 is 5.73 Å². The van der Waals surface area contributed by atoms with Gasteiger partial charge in [-0.15, -0.1) is 0 Å². The monoisotopic (exact) mass is 274 g/mol. The molecule has 3 N–H and O–H groups in total. The molecule has 0 fully saturated rings. The van der Waals surface area contributed by atoms with E-state index in [-0.39, 0.29) is 16.3 Å². The molecule has 1 heterocycles. The molecule has 1 aromatic rings. The molecule has 0 saturated heterocycles. The molecule has 1 atom stereocenters. The van der Waals surface area contributed by atoms with E-state index >= 15 is 0 Å². The second-order valence-corrected chi connectivity index (χ2v) is 5.71. The number of nitrogens with zero attached hydrogens (tertiary/aromatic N) is 1. The van der Waals surface area contributed by atoms with E-state index in [2.05, 4.69) is 9.72 Å². The van der Waals surface area contributed by atoms with Gasteiger partial charge in [-0.1, -0.05) is 6.92 Å². The number of ether oxygens (including phenoxy) is 1. The number of nitrogens with two attached hydrogens (primary N) is 1. The number of carbonyl (C=O) groups excluding carboxylic acids is 1. The molecule has 1 aromatic heterocycles. The molecule has 18 heavy (non-hydrogen) atoms. The Balaban J connectivity index is 2.98. The first-order valence-corrected chi connectivity index (χ1v) is 6.81. The van der Waals surface area contributed by atoms with E-state index in [1.807, 2.05) is 0 Å². The number of rotatable bonds is 5. The normalized spacial score (nSPS) is 13.0. The lowest BCUT2D eigenvalue weighted by atomic mass is 10.2. The largest absolute Gasteiger partial charge is 0.437 e. The zero-order valence-electron chi connectivity index (χ0n) is 9.74. The molecule has 0 aliphatic rings. The van der Waals surface area contributed by atoms with Gasteiger partial charge in [0.25, 0.3) is 0 Å². The SMILES string of the molecule is CCS(=O)(=O)c1ccc([C@@H](CO)OC(N)=O)nc1. The number of hydrogen-bond acceptors (Lipinski definition) is 6. The van der Waals surface area contributed by atoms with E-state index in [0.717, 1.165) is 6.20 Å². The summed E-state index contributed by atoms with van der Waals surface area (Å²) in [7, 11) is -3.33. The van der Waals surface area contributed by atoms with Crippen LogP contribution in [0.15, 0.2) is 23.2 Å². The quantitative estimate of drug-likeness (QED) is 0.780. The predicted molar refractivity (Wildman–Crippen MR) is 62.5 cm³/mol. The molecule has 0 radical (unpaired) electrons. The highest BCUT2D eigenvalue weighted by Gasteiger charge is 2.17. The van der Waals surface area contributed by atoms with E-state index in [1.165, 1.54) is 19.1 Å². The molecule has 7 nitrogen and oxygen atoms in total. The van der Waals surface area contributed by atoms with Crippen molar-refractivity contribution in [2.45, 2.75) is 17.9 Å². The summed E-state index contributed by atoms with van der Waals surface area (Å²) < 4.78 is 27.7. The Hall–Kier alpha value is -1.67. The summed E-state index contributed by atoms with van der Waals surface area (Å²) in [5.41, 5.74) is 5.06. The van der Waals surface area contributed by atoms with Crippen molar-refractivity contribution >= 4 is 15.9 Å². The maximum absolute atomic E-state index is 11.5. The molecular formula is C10H14N2O5S. The molecule has 0 unspecified atom stereocenters. The van der Waals surface area contributed by atoms with Gasteiger partial charge < -0.3 is 15.6 Å². The molecule has 1 rings (SSSR count). The molecule has 0 aliphatic heterocycles. The first-order valence-electron chi connectivity index (χ1n) is 5.16. The lowest BCUT2D eigenvalue weighted by Gasteiger charge is -2.13. The number of aliphatic hydroxyl groups is 1. The van der Waals surface area contributed by atoms with E-state index in [0.29, 0.717) is 0 Å². The van der Waals surface area contributed by atoms with Crippen LogP contribution in [0.2, 0.25) is 0 Å². The molecule has 0 spiro atoms. The van der Waals surface area contributed by atoms with Crippen LogP contribution in [-0.2, 0) is 14.6 Å². The van der Waals surface area contributed by atoms with Crippen LogP contribution in [-0.4, -0.2) is 37.0 Å². The van der Waals surface area contributed by atoms with Crippen molar-refractivity contribution < 1.29 is 23.1 Å². The van der Waals surface area contributed by atoms with Crippen molar-refractivity contribution in [1.82, 2.24) is 4.98 Å². The number of aliphatic hydroxyl groups excluding tert-OH is 1. The number of sulfone groups is 1. The standard InChI is InChI=1S/C10H14N2O5S/c1-2-18(15,16)7-3-4-8(12-5-7)9(6-13)17-10(11)14/h3-5,9,13H,2,6H2,1H3,(H2,11,14)/t9-/m1/s1. The Morgan fingerprint density at radius 2 is 2.22 bits per heavy atom. The minimum Gasteiger partial charge on any atom is -0.437 e. The molecule has 0 aliphatic carbocycles. The zero-order chi connectivity index (χ0) is 13.8. The summed E-state index contributed by atoms with van der Waals surface area (Å²) in [5, 5.41) is 9.01. The van der Waals surface area contributed by atoms with Crippen LogP contribution in [0.1, 0.15) is 18.7 Å². The predicted octanol–water partition coefficient (Wildman–Crippen LogP) is 0.00390. The summed E-state index contributed by atoms with van der Waals surface area (Å²) in [5.74, 6) is -0.0325. The zero-order valence-corrected chi connectivity index (χ0v) is 10.6. The van der Waals surface area contributed by atoms with Gasteiger partial charge in [-0.2, -0.15) is 0 Å². The number of primary amides is 1. The van der Waals surface area contributed by atoms with Crippen LogP contribution in [0, 0.1) is 0 Å². The van der Waals surface area contributed by atoms with E-state index < -0.39 is 28.6 Å². The van der Waals surface area contributed by atoms with E-state index in [9.17, 15) is 13.2 Å². The van der Waals surface area contributed by atoms with Gasteiger partial charge in [0, 0.05) is 6.20 Å². The number of hydrogen-bond donors (Lipinski definition) is 2. The number of aromatic nitrogens is 1. The van der Waals surface area contributed by atoms with E-state index in [4.69, 9.17) is 10.8 Å². The van der Waals surface area contributed by atoms with Crippen LogP contribution in [0.5, 0.6) is 0 Å². The van der Waals surface area contributed by atoms with Crippen LogP contribution in [0.25, 0.3) is 0 Å². The highest BCUT2D eigenvalue weighted by Crippen LogP contribution is 2.17. The van der Waals surface area contributed by atoms with E-state index in [1.54, 1.807) is 0 Å². The smallest absolute Gasteiger partial charge is 0.405 e. The Morgan fingerprint density at radius 1 is 1.56 bits per heavy atom. The fourth-order valence-corrected chi connectivity index (χ4v) is 2.09. The van der Waals surface area contributed by atoms with Gasteiger partial charge in [0.2, 0.25) is 0 Å². The summed E-state index contributed by atoms with van der Waals surface area (Å²) >= 11 is 0. The molecule has 0 bridgehead atoms. The topological polar surface area (TPSA) is 120 Å². The number of carbonyl (C=O) groups is 1. The van der Waals surface area contributed by atoms with Gasteiger partial charge in [-0.3, -0.25) is 4.98 Å². The lowest BCUT2D eigenvalue weighted by Crippen LogP contribution is -2.20. The van der Waals surface area contributed by atoms with Gasteiger partial charge in [0.05, 0.1) is 22.9 Å². The summed E-state index contributed by atoms with van der Waals surface area (Å²) in [6.45, 7) is 1.03. The van der Waals surface area contributed by atoms with Crippen molar-refractivity contribution in [2.24, 2.45) is 5.73 Å². The van der Waals surface area contributed by atoms with Gasteiger partial charge in [-0.25, -0.2) is 13.2 Å². The second kappa shape index (κ2) is 5.78. The molecule has 1 amide bonds. The van der Waals surface area contributed by atoms with Gasteiger partial charge in [0.15, 0.2) is 15.9 Å². The van der Waals surface area contributed by atoms with Crippen molar-refractivity contribution in [3.05, 3.63) is 24.0 Å².